The summed E-state index contributed by atoms with van der Waals surface area (Å²) in [5.74, 6) is -2.02. The molecular formula is C21H24N4O4S. The quantitative estimate of drug-likeness (QED) is 0.491. The maximum Gasteiger partial charge on any atom is 0.262 e. The molecule has 0 bridgehead atoms. The molecule has 3 N–H and O–H groups in total. The van der Waals surface area contributed by atoms with Crippen molar-refractivity contribution in [3.63, 3.8) is 0 Å². The van der Waals surface area contributed by atoms with Crippen molar-refractivity contribution in [2.75, 3.05) is 0 Å². The Labute approximate surface area is 179 Å². The van der Waals surface area contributed by atoms with Gasteiger partial charge in [0, 0.05) is 19.0 Å². The zero-order valence-electron chi connectivity index (χ0n) is 16.5. The lowest BCUT2D eigenvalue weighted by atomic mass is 9.96. The van der Waals surface area contributed by atoms with Crippen molar-refractivity contribution in [3.05, 3.63) is 34.9 Å². The SMILES string of the molecule is O=C1CCC(N2C(=O)c3cccc(CNC(=S)NC4CCCCC4)c3C2=O)C(=O)N1. The van der Waals surface area contributed by atoms with E-state index < -0.39 is 29.7 Å². The topological polar surface area (TPSA) is 108 Å². The van der Waals surface area contributed by atoms with Crippen LogP contribution in [0, 0.1) is 0 Å². The number of thiocarbonyl (C=S) groups is 1. The van der Waals surface area contributed by atoms with E-state index in [0.29, 0.717) is 28.8 Å². The van der Waals surface area contributed by atoms with Crippen molar-refractivity contribution in [3.8, 4) is 0 Å². The highest BCUT2D eigenvalue weighted by Gasteiger charge is 2.45. The number of piperidine rings is 1. The van der Waals surface area contributed by atoms with Crippen LogP contribution in [0.5, 0.6) is 0 Å². The van der Waals surface area contributed by atoms with E-state index in [1.807, 2.05) is 0 Å². The van der Waals surface area contributed by atoms with Crippen LogP contribution in [-0.4, -0.2) is 45.7 Å². The third-order valence-corrected chi connectivity index (χ3v) is 6.20. The van der Waals surface area contributed by atoms with Gasteiger partial charge in [0.05, 0.1) is 11.1 Å². The Bertz CT molecular complexity index is 926. The number of rotatable bonds is 4. The largest absolute Gasteiger partial charge is 0.360 e. The van der Waals surface area contributed by atoms with Crippen LogP contribution in [0.2, 0.25) is 0 Å². The first kappa shape index (κ1) is 20.5. The van der Waals surface area contributed by atoms with Crippen molar-refractivity contribution in [1.29, 1.82) is 0 Å². The Morgan fingerprint density at radius 3 is 2.57 bits per heavy atom. The lowest BCUT2D eigenvalue weighted by molar-refractivity contribution is -0.136. The Hall–Kier alpha value is -2.81. The van der Waals surface area contributed by atoms with Crippen LogP contribution in [0.1, 0.15) is 71.2 Å². The molecule has 1 unspecified atom stereocenters. The molecule has 1 aromatic carbocycles. The zero-order chi connectivity index (χ0) is 21.3. The molecule has 3 aliphatic rings. The second-order valence-electron chi connectivity index (χ2n) is 7.95. The van der Waals surface area contributed by atoms with Gasteiger partial charge in [-0.05, 0) is 43.1 Å². The molecule has 4 amide bonds. The molecule has 0 spiro atoms. The number of fused-ring (bicyclic) bond motifs is 1. The number of amides is 4. The first-order valence-electron chi connectivity index (χ1n) is 10.3. The number of carbonyl (C=O) groups is 4. The number of benzene rings is 1. The minimum atomic E-state index is -0.968. The van der Waals surface area contributed by atoms with E-state index in [1.54, 1.807) is 18.2 Å². The second kappa shape index (κ2) is 8.51. The Balaban J connectivity index is 1.47. The molecule has 1 aromatic rings. The van der Waals surface area contributed by atoms with E-state index in [0.717, 1.165) is 17.7 Å². The molecule has 1 saturated heterocycles. The van der Waals surface area contributed by atoms with Crippen LogP contribution in [0.15, 0.2) is 18.2 Å². The monoisotopic (exact) mass is 428 g/mol. The van der Waals surface area contributed by atoms with Gasteiger partial charge in [-0.15, -0.1) is 0 Å². The summed E-state index contributed by atoms with van der Waals surface area (Å²) in [6, 6.07) is 4.47. The van der Waals surface area contributed by atoms with Gasteiger partial charge in [-0.25, -0.2) is 0 Å². The average molecular weight is 429 g/mol. The van der Waals surface area contributed by atoms with Crippen LogP contribution in [0.4, 0.5) is 0 Å². The summed E-state index contributed by atoms with van der Waals surface area (Å²) in [4.78, 5) is 50.6. The van der Waals surface area contributed by atoms with Crippen molar-refractivity contribution in [2.45, 2.75) is 63.6 Å². The Morgan fingerprint density at radius 1 is 1.07 bits per heavy atom. The van der Waals surface area contributed by atoms with Gasteiger partial charge in [-0.2, -0.15) is 0 Å². The van der Waals surface area contributed by atoms with Gasteiger partial charge in [-0.3, -0.25) is 29.4 Å². The van der Waals surface area contributed by atoms with E-state index in [-0.39, 0.29) is 18.4 Å². The maximum absolute atomic E-state index is 13.1. The number of nitrogens with zero attached hydrogens (tertiary/aromatic N) is 1. The summed E-state index contributed by atoms with van der Waals surface area (Å²) in [5.41, 5.74) is 1.21. The van der Waals surface area contributed by atoms with Crippen LogP contribution in [-0.2, 0) is 16.1 Å². The van der Waals surface area contributed by atoms with Gasteiger partial charge in [0.1, 0.15) is 6.04 Å². The van der Waals surface area contributed by atoms with Gasteiger partial charge >= 0.3 is 0 Å². The number of nitrogens with one attached hydrogen (secondary N) is 3. The summed E-state index contributed by atoms with van der Waals surface area (Å²) >= 11 is 5.40. The third-order valence-electron chi connectivity index (χ3n) is 5.93. The summed E-state index contributed by atoms with van der Waals surface area (Å²) in [7, 11) is 0. The second-order valence-corrected chi connectivity index (χ2v) is 8.36. The van der Waals surface area contributed by atoms with E-state index in [1.165, 1.54) is 19.3 Å². The molecule has 2 heterocycles. The molecule has 1 atom stereocenters. The predicted octanol–water partition coefficient (Wildman–Crippen LogP) is 1.38. The molecule has 4 rings (SSSR count). The van der Waals surface area contributed by atoms with Crippen molar-refractivity contribution in [2.24, 2.45) is 0 Å². The first-order chi connectivity index (χ1) is 14.5. The molecule has 0 radical (unpaired) electrons. The molecular weight excluding hydrogens is 404 g/mol. The minimum Gasteiger partial charge on any atom is -0.360 e. The van der Waals surface area contributed by atoms with Crippen LogP contribution < -0.4 is 16.0 Å². The summed E-state index contributed by atoms with van der Waals surface area (Å²) in [6.45, 7) is 0.296. The molecule has 9 heteroatoms. The standard InChI is InChI=1S/C21H24N4O4S/c26-16-10-9-15(18(27)24-16)25-19(28)14-8-4-5-12(17(14)20(25)29)11-22-21(30)23-13-6-2-1-3-7-13/h4-5,8,13,15H,1-3,6-7,9-11H2,(H2,22,23,30)(H,24,26,27). The molecule has 0 aromatic heterocycles. The van der Waals surface area contributed by atoms with Crippen molar-refractivity contribution >= 4 is 41.0 Å². The molecule has 2 aliphatic heterocycles. The van der Waals surface area contributed by atoms with E-state index in [2.05, 4.69) is 16.0 Å². The van der Waals surface area contributed by atoms with Gasteiger partial charge in [0.2, 0.25) is 11.8 Å². The lowest BCUT2D eigenvalue weighted by Gasteiger charge is -2.27. The molecule has 1 aliphatic carbocycles. The Morgan fingerprint density at radius 2 is 1.83 bits per heavy atom. The van der Waals surface area contributed by atoms with Crippen LogP contribution >= 0.6 is 12.2 Å². The predicted molar refractivity (Wildman–Crippen MR) is 113 cm³/mol. The lowest BCUT2D eigenvalue weighted by Crippen LogP contribution is -2.54. The summed E-state index contributed by atoms with van der Waals surface area (Å²) in [6.07, 6.45) is 6.07. The van der Waals surface area contributed by atoms with Crippen molar-refractivity contribution in [1.82, 2.24) is 20.9 Å². The van der Waals surface area contributed by atoms with Gasteiger partial charge in [-0.1, -0.05) is 31.4 Å². The zero-order valence-corrected chi connectivity index (χ0v) is 17.3. The van der Waals surface area contributed by atoms with E-state index in [9.17, 15) is 19.2 Å². The first-order valence-corrected chi connectivity index (χ1v) is 10.7. The fourth-order valence-electron chi connectivity index (χ4n) is 4.39. The van der Waals surface area contributed by atoms with Crippen LogP contribution in [0.25, 0.3) is 0 Å². The number of hydrogen-bond donors (Lipinski definition) is 3. The highest BCUT2D eigenvalue weighted by molar-refractivity contribution is 7.80. The average Bonchev–Trinajstić information content (AvgIpc) is 2.98. The summed E-state index contributed by atoms with van der Waals surface area (Å²) < 4.78 is 0. The number of carbonyl (C=O) groups excluding carboxylic acids is 4. The number of imide groups is 2. The highest BCUT2D eigenvalue weighted by atomic mass is 32.1. The molecule has 2 fully saturated rings. The molecule has 1 saturated carbocycles. The molecule has 30 heavy (non-hydrogen) atoms. The highest BCUT2D eigenvalue weighted by Crippen LogP contribution is 2.30. The van der Waals surface area contributed by atoms with E-state index >= 15 is 0 Å². The minimum absolute atomic E-state index is 0.0966. The number of hydrogen-bond acceptors (Lipinski definition) is 5. The fraction of sp³-hybridized carbons (Fsp3) is 0.476. The van der Waals surface area contributed by atoms with Gasteiger partial charge < -0.3 is 10.6 Å². The van der Waals surface area contributed by atoms with Gasteiger partial charge in [0.15, 0.2) is 5.11 Å². The van der Waals surface area contributed by atoms with Crippen molar-refractivity contribution < 1.29 is 19.2 Å². The Kier molecular flexibility index (Phi) is 5.80. The fourth-order valence-corrected chi connectivity index (χ4v) is 4.63. The third kappa shape index (κ3) is 3.94. The normalized spacial score (nSPS) is 22.0. The molecule has 8 nitrogen and oxygen atoms in total. The maximum atomic E-state index is 13.1. The molecule has 158 valence electrons. The van der Waals surface area contributed by atoms with E-state index in [4.69, 9.17) is 12.2 Å². The summed E-state index contributed by atoms with van der Waals surface area (Å²) in [5, 5.41) is 9.19. The van der Waals surface area contributed by atoms with Gasteiger partial charge in [0.25, 0.3) is 11.8 Å². The smallest absolute Gasteiger partial charge is 0.262 e. The van der Waals surface area contributed by atoms with Crippen LogP contribution in [0.3, 0.4) is 0 Å².